The van der Waals surface area contributed by atoms with E-state index in [4.69, 9.17) is 14.2 Å². The van der Waals surface area contributed by atoms with Crippen LogP contribution >= 0.6 is 27.7 Å². The number of carbonyl (C=O) groups excluding carboxylic acids is 3. The number of anilines is 1. The molecule has 1 aliphatic rings. The summed E-state index contributed by atoms with van der Waals surface area (Å²) in [6, 6.07) is 24.6. The number of carbonyl (C=O) groups is 3. The Kier molecular flexibility index (Phi) is 9.68. The first-order valence-electron chi connectivity index (χ1n) is 13.7. The van der Waals surface area contributed by atoms with Gasteiger partial charge in [0.05, 0.1) is 22.6 Å². The molecule has 3 amide bonds. The highest BCUT2D eigenvalue weighted by atomic mass is 79.9. The molecule has 0 atom stereocenters. The molecule has 0 bridgehead atoms. The number of imide groups is 1. The van der Waals surface area contributed by atoms with Crippen LogP contribution in [0, 0.1) is 0 Å². The molecule has 1 fully saturated rings. The summed E-state index contributed by atoms with van der Waals surface area (Å²) in [6.45, 7) is 4.63. The number of rotatable bonds is 11. The summed E-state index contributed by atoms with van der Waals surface area (Å²) in [5.41, 5.74) is 2.21. The predicted molar refractivity (Wildman–Crippen MR) is 173 cm³/mol. The van der Waals surface area contributed by atoms with E-state index in [9.17, 15) is 14.4 Å². The van der Waals surface area contributed by atoms with Gasteiger partial charge >= 0.3 is 0 Å². The molecule has 1 saturated heterocycles. The summed E-state index contributed by atoms with van der Waals surface area (Å²) in [5.74, 6) is 0.687. The molecule has 220 valence electrons. The molecule has 8 nitrogen and oxygen atoms in total. The molecule has 1 heterocycles. The largest absolute Gasteiger partial charge is 0.494 e. The summed E-state index contributed by atoms with van der Waals surface area (Å²) in [5, 5.41) is 4.43. The van der Waals surface area contributed by atoms with E-state index >= 15 is 0 Å². The highest BCUT2D eigenvalue weighted by Crippen LogP contribution is 2.40. The summed E-state index contributed by atoms with van der Waals surface area (Å²) in [4.78, 5) is 39.5. The average Bonchev–Trinajstić information content (AvgIpc) is 3.25. The molecule has 0 aliphatic carbocycles. The second-order valence-corrected chi connectivity index (χ2v) is 11.3. The molecule has 5 rings (SSSR count). The first-order chi connectivity index (χ1) is 20.9. The quantitative estimate of drug-likeness (QED) is 0.165. The van der Waals surface area contributed by atoms with Gasteiger partial charge in [0.25, 0.3) is 11.1 Å². The summed E-state index contributed by atoms with van der Waals surface area (Å²) in [7, 11) is 0. The number of nitrogens with zero attached hydrogens (tertiary/aromatic N) is 1. The molecular formula is C33H29BrN2O6S. The predicted octanol–water partition coefficient (Wildman–Crippen LogP) is 7.65. The van der Waals surface area contributed by atoms with E-state index in [2.05, 4.69) is 39.4 Å². The van der Waals surface area contributed by atoms with Gasteiger partial charge in [-0.05, 0) is 106 Å². The number of hydrogen-bond acceptors (Lipinski definition) is 7. The number of halogens is 1. The van der Waals surface area contributed by atoms with Crippen LogP contribution in [0.1, 0.15) is 25.0 Å². The lowest BCUT2D eigenvalue weighted by molar-refractivity contribution is -0.127. The monoisotopic (exact) mass is 660 g/mol. The topological polar surface area (TPSA) is 94.2 Å². The van der Waals surface area contributed by atoms with Crippen molar-refractivity contribution in [3.63, 3.8) is 0 Å². The molecule has 0 unspecified atom stereocenters. The van der Waals surface area contributed by atoms with Crippen molar-refractivity contribution in [1.82, 2.24) is 4.90 Å². The zero-order valence-electron chi connectivity index (χ0n) is 23.6. The third kappa shape index (κ3) is 7.21. The van der Waals surface area contributed by atoms with Crippen molar-refractivity contribution in [2.45, 2.75) is 20.5 Å². The van der Waals surface area contributed by atoms with E-state index in [-0.39, 0.29) is 4.91 Å². The van der Waals surface area contributed by atoms with Crippen molar-refractivity contribution in [3.8, 4) is 17.2 Å². The Morgan fingerprint density at radius 3 is 2.44 bits per heavy atom. The van der Waals surface area contributed by atoms with E-state index < -0.39 is 23.6 Å². The third-order valence-electron chi connectivity index (χ3n) is 6.51. The van der Waals surface area contributed by atoms with Gasteiger partial charge in [-0.3, -0.25) is 19.3 Å². The number of amides is 3. The van der Waals surface area contributed by atoms with Crippen LogP contribution < -0.4 is 19.5 Å². The number of ether oxygens (including phenoxy) is 3. The van der Waals surface area contributed by atoms with Crippen LogP contribution in [0.4, 0.5) is 10.5 Å². The molecular weight excluding hydrogens is 632 g/mol. The molecule has 0 aromatic heterocycles. The Hall–Kier alpha value is -4.28. The van der Waals surface area contributed by atoms with Crippen LogP contribution in [0.2, 0.25) is 0 Å². The number of thioether (sulfide) groups is 1. The van der Waals surface area contributed by atoms with E-state index in [1.54, 1.807) is 42.5 Å². The minimum absolute atomic E-state index is 0.206. The lowest BCUT2D eigenvalue weighted by Crippen LogP contribution is -2.36. The Morgan fingerprint density at radius 2 is 1.67 bits per heavy atom. The van der Waals surface area contributed by atoms with Crippen LogP contribution in [-0.4, -0.2) is 41.7 Å². The second-order valence-electron chi connectivity index (χ2n) is 9.46. The summed E-state index contributed by atoms with van der Waals surface area (Å²) < 4.78 is 18.2. The van der Waals surface area contributed by atoms with Crippen LogP contribution in [0.5, 0.6) is 17.2 Å². The van der Waals surface area contributed by atoms with Gasteiger partial charge in [-0.25, -0.2) is 0 Å². The molecule has 0 radical (unpaired) electrons. The van der Waals surface area contributed by atoms with Gasteiger partial charge in [0.15, 0.2) is 11.5 Å². The second kappa shape index (κ2) is 13.8. The molecule has 0 saturated carbocycles. The van der Waals surface area contributed by atoms with Crippen LogP contribution in [-0.2, 0) is 16.2 Å². The van der Waals surface area contributed by atoms with E-state index in [0.717, 1.165) is 33.0 Å². The summed E-state index contributed by atoms with van der Waals surface area (Å²) >= 11 is 4.38. The highest BCUT2D eigenvalue weighted by Gasteiger charge is 2.36. The van der Waals surface area contributed by atoms with E-state index in [1.807, 2.05) is 38.1 Å². The van der Waals surface area contributed by atoms with Crippen molar-refractivity contribution in [1.29, 1.82) is 0 Å². The fourth-order valence-corrected chi connectivity index (χ4v) is 5.99. The molecule has 1 aliphatic heterocycles. The first kappa shape index (κ1) is 30.2. The number of benzene rings is 4. The molecule has 0 spiro atoms. The van der Waals surface area contributed by atoms with Crippen LogP contribution in [0.25, 0.3) is 16.8 Å². The maximum atomic E-state index is 13.1. The molecule has 4 aromatic rings. The molecule has 4 aromatic carbocycles. The van der Waals surface area contributed by atoms with Gasteiger partial charge in [-0.1, -0.05) is 42.5 Å². The third-order valence-corrected chi connectivity index (χ3v) is 8.00. The highest BCUT2D eigenvalue weighted by molar-refractivity contribution is 9.10. The van der Waals surface area contributed by atoms with Crippen LogP contribution in [0.15, 0.2) is 88.2 Å². The fourth-order valence-electron chi connectivity index (χ4n) is 4.58. The first-order valence-corrected chi connectivity index (χ1v) is 15.3. The minimum Gasteiger partial charge on any atom is -0.494 e. The smallest absolute Gasteiger partial charge is 0.294 e. The van der Waals surface area contributed by atoms with Gasteiger partial charge in [-0.2, -0.15) is 0 Å². The van der Waals surface area contributed by atoms with Crippen molar-refractivity contribution in [2.24, 2.45) is 0 Å². The Bertz CT molecular complexity index is 1700. The van der Waals surface area contributed by atoms with Gasteiger partial charge in [-0.15, -0.1) is 0 Å². The van der Waals surface area contributed by atoms with Crippen LogP contribution in [0.3, 0.4) is 0 Å². The Morgan fingerprint density at radius 1 is 0.930 bits per heavy atom. The zero-order valence-corrected chi connectivity index (χ0v) is 26.0. The Balaban J connectivity index is 1.29. The minimum atomic E-state index is -0.540. The van der Waals surface area contributed by atoms with Crippen molar-refractivity contribution >= 4 is 67.3 Å². The lowest BCUT2D eigenvalue weighted by atomic mass is 10.1. The SMILES string of the molecule is CCOc1ccc(NC(=O)CN2C(=O)S/C(=C/c3cc(Br)c(OCc4cccc5ccccc45)c(OCC)c3)C2=O)cc1. The van der Waals surface area contributed by atoms with E-state index in [0.29, 0.717) is 52.8 Å². The van der Waals surface area contributed by atoms with Crippen molar-refractivity contribution in [3.05, 3.63) is 99.4 Å². The standard InChI is InChI=1S/C33H29BrN2O6S/c1-3-40-25-14-12-24(13-15-25)35-30(37)19-36-32(38)29(43-33(36)39)18-21-16-27(34)31(28(17-21)41-4-2)42-20-23-10-7-9-22-8-5-6-11-26(22)23/h5-18H,3-4,19-20H2,1-2H3,(H,35,37)/b29-18+. The number of fused-ring (bicyclic) bond motifs is 1. The van der Waals surface area contributed by atoms with Crippen molar-refractivity contribution < 1.29 is 28.6 Å². The summed E-state index contributed by atoms with van der Waals surface area (Å²) in [6.07, 6.45) is 1.61. The van der Waals surface area contributed by atoms with Gasteiger partial charge in [0, 0.05) is 5.69 Å². The van der Waals surface area contributed by atoms with Gasteiger partial charge < -0.3 is 19.5 Å². The normalized spacial score (nSPS) is 13.9. The molecule has 43 heavy (non-hydrogen) atoms. The van der Waals surface area contributed by atoms with Crippen molar-refractivity contribution in [2.75, 3.05) is 25.1 Å². The van der Waals surface area contributed by atoms with E-state index in [1.165, 1.54) is 0 Å². The fraction of sp³-hybridized carbons (Fsp3) is 0.182. The average molecular weight is 662 g/mol. The molecule has 1 N–H and O–H groups in total. The lowest BCUT2D eigenvalue weighted by Gasteiger charge is -2.16. The number of nitrogens with one attached hydrogen (secondary N) is 1. The Labute approximate surface area is 262 Å². The van der Waals surface area contributed by atoms with Gasteiger partial charge in [0.1, 0.15) is 18.9 Å². The number of hydrogen-bond donors (Lipinski definition) is 1. The van der Waals surface area contributed by atoms with Gasteiger partial charge in [0.2, 0.25) is 5.91 Å². The maximum Gasteiger partial charge on any atom is 0.294 e. The molecule has 10 heteroatoms. The maximum absolute atomic E-state index is 13.1. The zero-order chi connectivity index (χ0) is 30.3.